The highest BCUT2D eigenvalue weighted by atomic mass is 32.1. The van der Waals surface area contributed by atoms with Crippen molar-refractivity contribution in [2.75, 3.05) is 0 Å². The number of hydrogen-bond donors (Lipinski definition) is 0. The summed E-state index contributed by atoms with van der Waals surface area (Å²) < 4.78 is 4.83. The van der Waals surface area contributed by atoms with E-state index in [4.69, 9.17) is 15.0 Å². The van der Waals surface area contributed by atoms with Crippen LogP contribution < -0.4 is 0 Å². The van der Waals surface area contributed by atoms with Crippen LogP contribution in [-0.2, 0) is 0 Å². The van der Waals surface area contributed by atoms with E-state index in [0.717, 1.165) is 27.1 Å². The van der Waals surface area contributed by atoms with Crippen LogP contribution in [0.5, 0.6) is 0 Å². The Morgan fingerprint density at radius 2 is 0.944 bits per heavy atom. The van der Waals surface area contributed by atoms with Gasteiger partial charge in [-0.15, -0.1) is 11.3 Å². The molecule has 11 aromatic rings. The summed E-state index contributed by atoms with van der Waals surface area (Å²) in [7, 11) is 0. The van der Waals surface area contributed by atoms with Crippen LogP contribution in [0.1, 0.15) is 0 Å². The van der Waals surface area contributed by atoms with Crippen LogP contribution in [-0.4, -0.2) is 19.5 Å². The van der Waals surface area contributed by atoms with Crippen molar-refractivity contribution in [1.29, 1.82) is 0 Å². The molecule has 11 rings (SSSR count). The molecule has 0 saturated heterocycles. The smallest absolute Gasteiger partial charge is 0.165 e. The Hall–Kier alpha value is -6.95. The summed E-state index contributed by atoms with van der Waals surface area (Å²) in [5.74, 6) is 1.99. The second-order valence-electron chi connectivity index (χ2n) is 13.6. The van der Waals surface area contributed by atoms with E-state index in [-0.39, 0.29) is 0 Å². The average molecular weight is 707 g/mol. The van der Waals surface area contributed by atoms with Crippen molar-refractivity contribution in [3.8, 4) is 51.0 Å². The van der Waals surface area contributed by atoms with Crippen molar-refractivity contribution < 1.29 is 0 Å². The standard InChI is InChI=1S/C49H30N4S/c1-4-15-32(16-5-1)47-50-48(33-17-6-2-7-18-33)52-49(51-47)40-25-13-24-38-39-27-29-43-44(46(39)54-45(38)40)41-30-34(37-23-12-19-31-14-10-11-22-36(31)37)26-28-42(41)53(43)35-20-8-3-9-21-35/h1-30H. The molecule has 8 aromatic carbocycles. The number of thiophene rings is 1. The first-order chi connectivity index (χ1) is 26.8. The van der Waals surface area contributed by atoms with Crippen LogP contribution in [0.2, 0.25) is 0 Å². The molecule has 0 fully saturated rings. The van der Waals surface area contributed by atoms with E-state index in [1.54, 1.807) is 0 Å². The number of para-hydroxylation sites is 1. The molecule has 0 spiro atoms. The van der Waals surface area contributed by atoms with Gasteiger partial charge in [0.2, 0.25) is 0 Å². The maximum Gasteiger partial charge on any atom is 0.165 e. The van der Waals surface area contributed by atoms with Crippen molar-refractivity contribution in [1.82, 2.24) is 19.5 Å². The van der Waals surface area contributed by atoms with Crippen LogP contribution in [0.25, 0.3) is 104 Å². The molecule has 0 N–H and O–H groups in total. The van der Waals surface area contributed by atoms with Crippen molar-refractivity contribution in [3.05, 3.63) is 182 Å². The van der Waals surface area contributed by atoms with Crippen LogP contribution in [0.4, 0.5) is 0 Å². The van der Waals surface area contributed by atoms with Crippen LogP contribution in [0, 0.1) is 0 Å². The van der Waals surface area contributed by atoms with Crippen molar-refractivity contribution in [3.63, 3.8) is 0 Å². The number of nitrogens with zero attached hydrogens (tertiary/aromatic N) is 4. The predicted molar refractivity (Wildman–Crippen MR) is 226 cm³/mol. The molecule has 3 heterocycles. The van der Waals surface area contributed by atoms with Crippen LogP contribution in [0.3, 0.4) is 0 Å². The van der Waals surface area contributed by atoms with Crippen molar-refractivity contribution in [2.24, 2.45) is 0 Å². The SMILES string of the molecule is c1ccc(-c2nc(-c3ccccc3)nc(-c3cccc4c3sc3c4ccc4c3c3cc(-c5cccc6ccccc56)ccc3n4-c3ccccc3)n2)cc1. The number of aromatic nitrogens is 4. The van der Waals surface area contributed by atoms with Gasteiger partial charge in [0.25, 0.3) is 0 Å². The monoisotopic (exact) mass is 706 g/mol. The van der Waals surface area contributed by atoms with Crippen molar-refractivity contribution >= 4 is 64.1 Å². The number of fused-ring (bicyclic) bond motifs is 8. The maximum absolute atomic E-state index is 5.13. The molecule has 4 nitrogen and oxygen atoms in total. The minimum absolute atomic E-state index is 0.659. The quantitative estimate of drug-likeness (QED) is 0.179. The highest BCUT2D eigenvalue weighted by Gasteiger charge is 2.21. The van der Waals surface area contributed by atoms with Gasteiger partial charge in [-0.2, -0.15) is 0 Å². The largest absolute Gasteiger partial charge is 0.309 e. The normalized spacial score (nSPS) is 11.7. The van der Waals surface area contributed by atoms with E-state index in [9.17, 15) is 0 Å². The molecule has 252 valence electrons. The lowest BCUT2D eigenvalue weighted by molar-refractivity contribution is 1.08. The Kier molecular flexibility index (Phi) is 7.00. The molecule has 0 aliphatic rings. The minimum Gasteiger partial charge on any atom is -0.309 e. The number of hydrogen-bond acceptors (Lipinski definition) is 4. The second kappa shape index (κ2) is 12.3. The first-order valence-corrected chi connectivity index (χ1v) is 18.9. The zero-order valence-corrected chi connectivity index (χ0v) is 29.8. The van der Waals surface area contributed by atoms with Gasteiger partial charge in [-0.25, -0.2) is 15.0 Å². The maximum atomic E-state index is 5.13. The third-order valence-corrected chi connectivity index (χ3v) is 11.7. The molecule has 3 aromatic heterocycles. The Morgan fingerprint density at radius 1 is 0.370 bits per heavy atom. The average Bonchev–Trinajstić information content (AvgIpc) is 3.80. The fourth-order valence-electron chi connectivity index (χ4n) is 7.96. The molecule has 54 heavy (non-hydrogen) atoms. The van der Waals surface area contributed by atoms with E-state index in [2.05, 4.69) is 150 Å². The molecular weight excluding hydrogens is 677 g/mol. The molecule has 0 unspecified atom stereocenters. The third-order valence-electron chi connectivity index (χ3n) is 10.4. The van der Waals surface area contributed by atoms with E-state index in [0.29, 0.717) is 17.5 Å². The first-order valence-electron chi connectivity index (χ1n) is 18.1. The van der Waals surface area contributed by atoms with E-state index in [1.807, 2.05) is 47.7 Å². The second-order valence-corrected chi connectivity index (χ2v) is 14.6. The molecule has 0 amide bonds. The van der Waals surface area contributed by atoms with Gasteiger partial charge in [0.05, 0.1) is 11.0 Å². The molecule has 0 bridgehead atoms. The summed E-state index contributed by atoms with van der Waals surface area (Å²) >= 11 is 1.83. The van der Waals surface area contributed by atoms with Gasteiger partial charge in [-0.1, -0.05) is 146 Å². The molecule has 0 atom stereocenters. The molecular formula is C49H30N4S. The van der Waals surface area contributed by atoms with Gasteiger partial charge < -0.3 is 4.57 Å². The number of rotatable bonds is 5. The van der Waals surface area contributed by atoms with Crippen molar-refractivity contribution in [2.45, 2.75) is 0 Å². The molecule has 0 aliphatic carbocycles. The Morgan fingerprint density at radius 3 is 1.70 bits per heavy atom. The van der Waals surface area contributed by atoms with Gasteiger partial charge in [0.1, 0.15) is 0 Å². The molecule has 0 aliphatic heterocycles. The summed E-state index contributed by atoms with van der Waals surface area (Å²) in [5.41, 5.74) is 8.87. The fraction of sp³-hybridized carbons (Fsp3) is 0. The molecule has 5 heteroatoms. The predicted octanol–water partition coefficient (Wildman–Crippen LogP) is 13.2. The Balaban J connectivity index is 1.20. The zero-order chi connectivity index (χ0) is 35.6. The lowest BCUT2D eigenvalue weighted by atomic mass is 9.97. The summed E-state index contributed by atoms with van der Waals surface area (Å²) in [6.07, 6.45) is 0. The summed E-state index contributed by atoms with van der Waals surface area (Å²) in [6, 6.07) is 64.4. The molecule has 0 saturated carbocycles. The van der Waals surface area contributed by atoms with E-state index in [1.165, 1.54) is 59.2 Å². The summed E-state index contributed by atoms with van der Waals surface area (Å²) in [5, 5.41) is 7.41. The lowest BCUT2D eigenvalue weighted by Crippen LogP contribution is -2.00. The van der Waals surface area contributed by atoms with Gasteiger partial charge in [-0.05, 0) is 58.3 Å². The highest BCUT2D eigenvalue weighted by Crippen LogP contribution is 2.46. The Labute approximate surface area is 315 Å². The van der Waals surface area contributed by atoms with Gasteiger partial charge in [0, 0.05) is 53.3 Å². The third kappa shape index (κ3) is 4.86. The zero-order valence-electron chi connectivity index (χ0n) is 29.0. The topological polar surface area (TPSA) is 43.6 Å². The summed E-state index contributed by atoms with van der Waals surface area (Å²) in [6.45, 7) is 0. The first kappa shape index (κ1) is 30.7. The lowest BCUT2D eigenvalue weighted by Gasteiger charge is -2.09. The van der Waals surface area contributed by atoms with E-state index >= 15 is 0 Å². The van der Waals surface area contributed by atoms with Gasteiger partial charge in [0.15, 0.2) is 17.5 Å². The van der Waals surface area contributed by atoms with Crippen LogP contribution >= 0.6 is 11.3 Å². The van der Waals surface area contributed by atoms with Gasteiger partial charge >= 0.3 is 0 Å². The minimum atomic E-state index is 0.659. The highest BCUT2D eigenvalue weighted by molar-refractivity contribution is 7.27. The number of benzene rings is 8. The summed E-state index contributed by atoms with van der Waals surface area (Å²) in [4.78, 5) is 15.2. The fourth-order valence-corrected chi connectivity index (χ4v) is 9.33. The van der Waals surface area contributed by atoms with Gasteiger partial charge in [-0.3, -0.25) is 0 Å². The van der Waals surface area contributed by atoms with Crippen LogP contribution in [0.15, 0.2) is 182 Å². The van der Waals surface area contributed by atoms with E-state index < -0.39 is 0 Å². The molecule has 0 radical (unpaired) electrons. The Bertz CT molecular complexity index is 3140.